The van der Waals surface area contributed by atoms with Crippen molar-refractivity contribution in [3.63, 3.8) is 0 Å². The first-order valence-corrected chi connectivity index (χ1v) is 9.80. The average Bonchev–Trinajstić information content (AvgIpc) is 3.24. The first-order chi connectivity index (χ1) is 12.7. The molecule has 0 saturated carbocycles. The summed E-state index contributed by atoms with van der Waals surface area (Å²) >= 11 is 6.13. The van der Waals surface area contributed by atoms with Crippen molar-refractivity contribution < 1.29 is 0 Å². The minimum atomic E-state index is 0.229. The van der Waals surface area contributed by atoms with Crippen LogP contribution in [0.3, 0.4) is 0 Å². The van der Waals surface area contributed by atoms with Crippen molar-refractivity contribution in [1.82, 2.24) is 4.90 Å². The van der Waals surface area contributed by atoms with Crippen LogP contribution in [0.2, 0.25) is 5.02 Å². The Kier molecular flexibility index (Phi) is 3.65. The molecule has 1 unspecified atom stereocenters. The third-order valence-corrected chi connectivity index (χ3v) is 6.67. The Hall–Kier alpha value is -2.19. The van der Waals surface area contributed by atoms with Crippen molar-refractivity contribution in [2.75, 3.05) is 25.0 Å². The van der Waals surface area contributed by atoms with Crippen LogP contribution in [0, 0.1) is 0 Å². The van der Waals surface area contributed by atoms with Gasteiger partial charge in [-0.25, -0.2) is 0 Å². The van der Waals surface area contributed by atoms with Crippen LogP contribution in [0.1, 0.15) is 35.4 Å². The highest BCUT2D eigenvalue weighted by atomic mass is 35.5. The van der Waals surface area contributed by atoms with Crippen LogP contribution in [0.5, 0.6) is 0 Å². The molecule has 2 nitrogen and oxygen atoms in total. The van der Waals surface area contributed by atoms with Crippen LogP contribution in [0.25, 0.3) is 6.08 Å². The maximum atomic E-state index is 6.13. The molecule has 26 heavy (non-hydrogen) atoms. The van der Waals surface area contributed by atoms with Crippen LogP contribution in [0.4, 0.5) is 5.69 Å². The molecule has 0 bridgehead atoms. The number of halogens is 1. The highest BCUT2D eigenvalue weighted by Gasteiger charge is 2.39. The number of fused-ring (bicyclic) bond motifs is 3. The second kappa shape index (κ2) is 5.92. The third kappa shape index (κ3) is 2.39. The fourth-order valence-electron chi connectivity index (χ4n) is 4.89. The van der Waals surface area contributed by atoms with Gasteiger partial charge in [-0.1, -0.05) is 60.7 Å². The van der Waals surface area contributed by atoms with Crippen molar-refractivity contribution in [2.24, 2.45) is 0 Å². The number of hydrogen-bond acceptors (Lipinski definition) is 2. The lowest BCUT2D eigenvalue weighted by Crippen LogP contribution is -2.41. The van der Waals surface area contributed by atoms with E-state index in [9.17, 15) is 0 Å². The van der Waals surface area contributed by atoms with Gasteiger partial charge in [0, 0.05) is 47.4 Å². The van der Waals surface area contributed by atoms with Crippen LogP contribution in [0.15, 0.2) is 60.8 Å². The molecule has 1 atom stereocenters. The standard InChI is InChI=1S/C23H23ClN2/c1-16(20-15-25-22-14-18(24)6-7-19(20)22)26-12-10-23(11-13-26)9-8-17-4-2-3-5-21(17)23/h2-9,14,20,25H,1,10-13,15H2. The van der Waals surface area contributed by atoms with Crippen molar-refractivity contribution in [2.45, 2.75) is 24.2 Å². The summed E-state index contributed by atoms with van der Waals surface area (Å²) in [5, 5.41) is 4.28. The van der Waals surface area contributed by atoms with Crippen molar-refractivity contribution in [3.05, 3.63) is 82.5 Å². The minimum Gasteiger partial charge on any atom is -0.384 e. The average molecular weight is 363 g/mol. The third-order valence-electron chi connectivity index (χ3n) is 6.43. The summed E-state index contributed by atoms with van der Waals surface area (Å²) in [6.45, 7) is 7.52. The summed E-state index contributed by atoms with van der Waals surface area (Å²) in [6.07, 6.45) is 7.06. The highest BCUT2D eigenvalue weighted by molar-refractivity contribution is 6.30. The van der Waals surface area contributed by atoms with Gasteiger partial charge in [-0.05, 0) is 41.7 Å². The van der Waals surface area contributed by atoms with Gasteiger partial charge >= 0.3 is 0 Å². The number of piperidine rings is 1. The zero-order valence-corrected chi connectivity index (χ0v) is 15.6. The Bertz CT molecular complexity index is 906. The number of rotatable bonds is 2. The highest BCUT2D eigenvalue weighted by Crippen LogP contribution is 2.45. The van der Waals surface area contributed by atoms with E-state index in [4.69, 9.17) is 11.6 Å². The Balaban J connectivity index is 1.33. The zero-order valence-electron chi connectivity index (χ0n) is 14.8. The number of benzene rings is 2. The number of likely N-dealkylation sites (tertiary alicyclic amines) is 1. The number of anilines is 1. The molecule has 132 valence electrons. The smallest absolute Gasteiger partial charge is 0.0426 e. The zero-order chi connectivity index (χ0) is 17.7. The fraction of sp³-hybridized carbons (Fsp3) is 0.304. The molecule has 0 radical (unpaired) electrons. The summed E-state index contributed by atoms with van der Waals surface area (Å²) in [7, 11) is 0. The lowest BCUT2D eigenvalue weighted by molar-refractivity contribution is 0.218. The summed E-state index contributed by atoms with van der Waals surface area (Å²) in [6, 6.07) is 15.0. The van der Waals surface area contributed by atoms with E-state index in [0.29, 0.717) is 5.92 Å². The molecular formula is C23H23ClN2. The summed E-state index contributed by atoms with van der Waals surface area (Å²) in [5.74, 6) is 0.350. The second-order valence-electron chi connectivity index (χ2n) is 7.72. The summed E-state index contributed by atoms with van der Waals surface area (Å²) in [4.78, 5) is 2.50. The molecule has 1 spiro atoms. The normalized spacial score (nSPS) is 22.2. The quantitative estimate of drug-likeness (QED) is 0.767. The Morgan fingerprint density at radius 3 is 2.81 bits per heavy atom. The second-order valence-corrected chi connectivity index (χ2v) is 8.16. The van der Waals surface area contributed by atoms with Gasteiger partial charge in [0.25, 0.3) is 0 Å². The van der Waals surface area contributed by atoms with Gasteiger partial charge in [-0.15, -0.1) is 0 Å². The van der Waals surface area contributed by atoms with Gasteiger partial charge in [0.15, 0.2) is 0 Å². The van der Waals surface area contributed by atoms with E-state index in [1.807, 2.05) is 12.1 Å². The lowest BCUT2D eigenvalue weighted by atomic mass is 9.74. The van der Waals surface area contributed by atoms with Gasteiger partial charge in [0.1, 0.15) is 0 Å². The van der Waals surface area contributed by atoms with Gasteiger partial charge in [0.05, 0.1) is 0 Å². The van der Waals surface area contributed by atoms with Gasteiger partial charge < -0.3 is 10.2 Å². The number of nitrogens with zero attached hydrogens (tertiary/aromatic N) is 1. The topological polar surface area (TPSA) is 15.3 Å². The fourth-order valence-corrected chi connectivity index (χ4v) is 5.06. The van der Waals surface area contributed by atoms with Crippen LogP contribution < -0.4 is 5.32 Å². The first kappa shape index (κ1) is 16.0. The molecule has 1 aliphatic carbocycles. The van der Waals surface area contributed by atoms with Gasteiger partial charge in [-0.3, -0.25) is 0 Å². The Morgan fingerprint density at radius 2 is 1.96 bits per heavy atom. The lowest BCUT2D eigenvalue weighted by Gasteiger charge is -2.42. The molecular weight excluding hydrogens is 340 g/mol. The molecule has 3 aliphatic rings. The molecule has 1 N–H and O–H groups in total. The summed E-state index contributed by atoms with van der Waals surface area (Å²) in [5.41, 5.74) is 6.85. The Morgan fingerprint density at radius 1 is 1.15 bits per heavy atom. The molecule has 2 aliphatic heterocycles. The van der Waals surface area contributed by atoms with Crippen molar-refractivity contribution in [1.29, 1.82) is 0 Å². The van der Waals surface area contributed by atoms with Gasteiger partial charge in [-0.2, -0.15) is 0 Å². The number of nitrogens with one attached hydrogen (secondary N) is 1. The van der Waals surface area contributed by atoms with E-state index >= 15 is 0 Å². The maximum absolute atomic E-state index is 6.13. The molecule has 3 heteroatoms. The molecule has 0 amide bonds. The molecule has 1 saturated heterocycles. The van der Waals surface area contributed by atoms with E-state index in [1.165, 1.54) is 22.4 Å². The maximum Gasteiger partial charge on any atom is 0.0426 e. The number of hydrogen-bond donors (Lipinski definition) is 1. The van der Waals surface area contributed by atoms with Gasteiger partial charge in [0.2, 0.25) is 0 Å². The molecule has 1 fully saturated rings. The molecule has 2 heterocycles. The van der Waals surface area contributed by atoms with Crippen LogP contribution in [-0.2, 0) is 5.41 Å². The predicted molar refractivity (Wildman–Crippen MR) is 110 cm³/mol. The monoisotopic (exact) mass is 362 g/mol. The molecule has 0 aromatic heterocycles. The van der Waals surface area contributed by atoms with E-state index in [-0.39, 0.29) is 5.41 Å². The van der Waals surface area contributed by atoms with E-state index in [2.05, 4.69) is 59.3 Å². The van der Waals surface area contributed by atoms with Crippen molar-refractivity contribution in [3.8, 4) is 0 Å². The molecule has 2 aromatic carbocycles. The largest absolute Gasteiger partial charge is 0.384 e. The first-order valence-electron chi connectivity index (χ1n) is 9.42. The van der Waals surface area contributed by atoms with E-state index in [1.54, 1.807) is 0 Å². The summed E-state index contributed by atoms with van der Waals surface area (Å²) < 4.78 is 0. The minimum absolute atomic E-state index is 0.229. The SMILES string of the molecule is C=C(C1CNc2cc(Cl)ccc21)N1CCC2(C=Cc3ccccc32)CC1. The predicted octanol–water partition coefficient (Wildman–Crippen LogP) is 5.42. The van der Waals surface area contributed by atoms with Crippen LogP contribution >= 0.6 is 11.6 Å². The molecule has 2 aromatic rings. The number of allylic oxidation sites excluding steroid dienone is 1. The van der Waals surface area contributed by atoms with E-state index < -0.39 is 0 Å². The van der Waals surface area contributed by atoms with E-state index in [0.717, 1.165) is 43.2 Å². The Labute approximate surface area is 160 Å². The van der Waals surface area contributed by atoms with Crippen LogP contribution in [-0.4, -0.2) is 24.5 Å². The van der Waals surface area contributed by atoms with Crippen molar-refractivity contribution >= 4 is 23.4 Å². The molecule has 5 rings (SSSR count).